The Hall–Kier alpha value is -2.08. The fraction of sp³-hybridized carbons (Fsp3) is 0.231. The molecule has 0 spiro atoms. The van der Waals surface area contributed by atoms with Gasteiger partial charge in [-0.3, -0.25) is 0 Å². The highest BCUT2D eigenvalue weighted by Crippen LogP contribution is 2.28. The van der Waals surface area contributed by atoms with E-state index in [1.54, 1.807) is 18.2 Å². The molecule has 0 saturated carbocycles. The number of ether oxygens (including phenoxy) is 2. The highest BCUT2D eigenvalue weighted by molar-refractivity contribution is 7.20. The largest absolute Gasteiger partial charge is 0.466 e. The second-order valence-corrected chi connectivity index (χ2v) is 5.06. The Morgan fingerprint density at radius 2 is 2.05 bits per heavy atom. The van der Waals surface area contributed by atoms with E-state index in [1.165, 1.54) is 25.4 Å². The molecule has 2 aromatic rings. The van der Waals surface area contributed by atoms with Crippen molar-refractivity contribution in [2.24, 2.45) is 0 Å². The van der Waals surface area contributed by atoms with Gasteiger partial charge in [-0.25, -0.2) is 9.59 Å². The van der Waals surface area contributed by atoms with Gasteiger partial charge in [-0.05, 0) is 36.6 Å². The molecule has 100 valence electrons. The van der Waals surface area contributed by atoms with Gasteiger partial charge >= 0.3 is 11.9 Å². The maximum absolute atomic E-state index is 11.9. The van der Waals surface area contributed by atoms with Gasteiger partial charge in [-0.15, -0.1) is 11.3 Å². The Kier molecular flexibility index (Phi) is 3.71. The summed E-state index contributed by atoms with van der Waals surface area (Å²) in [6, 6.07) is 7.09. The maximum Gasteiger partial charge on any atom is 0.349 e. The van der Waals surface area contributed by atoms with E-state index in [1.807, 2.05) is 6.07 Å². The maximum atomic E-state index is 11.9. The first kappa shape index (κ1) is 13.4. The van der Waals surface area contributed by atoms with Crippen LogP contribution in [0.1, 0.15) is 16.6 Å². The lowest BCUT2D eigenvalue weighted by Gasteiger charge is -2.09. The zero-order valence-corrected chi connectivity index (χ0v) is 11.3. The molecule has 1 aromatic carbocycles. The molecule has 0 aliphatic carbocycles. The highest BCUT2D eigenvalue weighted by Gasteiger charge is 2.20. The van der Waals surface area contributed by atoms with E-state index in [9.17, 15) is 9.59 Å². The van der Waals surface area contributed by atoms with E-state index in [4.69, 9.17) is 10.5 Å². The van der Waals surface area contributed by atoms with E-state index in [2.05, 4.69) is 4.74 Å². The summed E-state index contributed by atoms with van der Waals surface area (Å²) in [6.45, 7) is 1.47. The molecule has 1 atom stereocenters. The minimum atomic E-state index is -0.923. The molecule has 5 nitrogen and oxygen atoms in total. The predicted octanol–water partition coefficient (Wildman–Crippen LogP) is 2.20. The van der Waals surface area contributed by atoms with Crippen molar-refractivity contribution in [3.8, 4) is 0 Å². The summed E-state index contributed by atoms with van der Waals surface area (Å²) in [4.78, 5) is 23.5. The lowest BCUT2D eigenvalue weighted by molar-refractivity contribution is -0.149. The fourth-order valence-corrected chi connectivity index (χ4v) is 2.52. The SMILES string of the molecule is COC(=O)C(C)OC(=O)c1cc2cc(N)ccc2s1. The first-order chi connectivity index (χ1) is 9.01. The molecule has 1 heterocycles. The lowest BCUT2D eigenvalue weighted by Crippen LogP contribution is -2.24. The second kappa shape index (κ2) is 5.27. The van der Waals surface area contributed by atoms with Crippen LogP contribution in [0.2, 0.25) is 0 Å². The molecule has 2 N–H and O–H groups in total. The summed E-state index contributed by atoms with van der Waals surface area (Å²) in [5.41, 5.74) is 6.31. The van der Waals surface area contributed by atoms with Gasteiger partial charge in [0.15, 0.2) is 6.10 Å². The number of fused-ring (bicyclic) bond motifs is 1. The number of rotatable bonds is 3. The smallest absolute Gasteiger partial charge is 0.349 e. The summed E-state index contributed by atoms with van der Waals surface area (Å²) < 4.78 is 10.4. The number of esters is 2. The predicted molar refractivity (Wildman–Crippen MR) is 73.1 cm³/mol. The summed E-state index contributed by atoms with van der Waals surface area (Å²) in [5, 5.41) is 0.877. The number of nitrogen functional groups attached to an aromatic ring is 1. The Morgan fingerprint density at radius 1 is 1.32 bits per heavy atom. The number of benzene rings is 1. The summed E-state index contributed by atoms with van der Waals surface area (Å²) in [5.74, 6) is -1.13. The van der Waals surface area contributed by atoms with E-state index < -0.39 is 18.0 Å². The van der Waals surface area contributed by atoms with Crippen molar-refractivity contribution < 1.29 is 19.1 Å². The normalized spacial score (nSPS) is 12.1. The van der Waals surface area contributed by atoms with Crippen LogP contribution < -0.4 is 5.73 Å². The van der Waals surface area contributed by atoms with Crippen molar-refractivity contribution in [1.82, 2.24) is 0 Å². The van der Waals surface area contributed by atoms with Crippen molar-refractivity contribution in [3.63, 3.8) is 0 Å². The lowest BCUT2D eigenvalue weighted by atomic mass is 10.2. The molecule has 1 aromatic heterocycles. The minimum Gasteiger partial charge on any atom is -0.466 e. The fourth-order valence-electron chi connectivity index (χ4n) is 1.60. The van der Waals surface area contributed by atoms with E-state index >= 15 is 0 Å². The first-order valence-electron chi connectivity index (χ1n) is 5.59. The number of hydrogen-bond acceptors (Lipinski definition) is 6. The topological polar surface area (TPSA) is 78.6 Å². The molecule has 0 aliphatic heterocycles. The molecule has 0 radical (unpaired) electrons. The number of nitrogens with two attached hydrogens (primary N) is 1. The van der Waals surface area contributed by atoms with Gasteiger partial charge in [0.05, 0.1) is 7.11 Å². The third-order valence-corrected chi connectivity index (χ3v) is 3.65. The number of anilines is 1. The summed E-state index contributed by atoms with van der Waals surface area (Å²) in [6.07, 6.45) is -0.923. The molecular formula is C13H13NO4S. The van der Waals surface area contributed by atoms with Crippen LogP contribution >= 0.6 is 11.3 Å². The number of methoxy groups -OCH3 is 1. The number of thiophene rings is 1. The third kappa shape index (κ3) is 2.85. The van der Waals surface area contributed by atoms with Crippen molar-refractivity contribution in [3.05, 3.63) is 29.1 Å². The van der Waals surface area contributed by atoms with Crippen LogP contribution in [0, 0.1) is 0 Å². The Morgan fingerprint density at radius 3 is 2.74 bits per heavy atom. The van der Waals surface area contributed by atoms with Gasteiger partial charge in [0, 0.05) is 10.4 Å². The van der Waals surface area contributed by atoms with E-state index in [-0.39, 0.29) is 0 Å². The van der Waals surface area contributed by atoms with Crippen LogP contribution in [0.15, 0.2) is 24.3 Å². The van der Waals surface area contributed by atoms with Crippen molar-refractivity contribution in [2.45, 2.75) is 13.0 Å². The molecular weight excluding hydrogens is 266 g/mol. The minimum absolute atomic E-state index is 0.427. The van der Waals surface area contributed by atoms with E-state index in [0.29, 0.717) is 10.6 Å². The van der Waals surface area contributed by atoms with Crippen LogP contribution in [0.4, 0.5) is 5.69 Å². The molecule has 6 heteroatoms. The molecule has 2 rings (SSSR count). The van der Waals surface area contributed by atoms with Crippen molar-refractivity contribution >= 4 is 39.0 Å². The van der Waals surface area contributed by atoms with E-state index in [0.717, 1.165) is 10.1 Å². The number of carbonyl (C=O) groups excluding carboxylic acids is 2. The Bertz CT molecular complexity index is 635. The molecule has 0 saturated heterocycles. The summed E-state index contributed by atoms with van der Waals surface area (Å²) in [7, 11) is 1.24. The molecule has 19 heavy (non-hydrogen) atoms. The van der Waals surface area contributed by atoms with Gasteiger partial charge in [0.1, 0.15) is 4.88 Å². The van der Waals surface area contributed by atoms with Crippen LogP contribution in [-0.2, 0) is 14.3 Å². The van der Waals surface area contributed by atoms with Crippen molar-refractivity contribution in [2.75, 3.05) is 12.8 Å². The number of hydrogen-bond donors (Lipinski definition) is 1. The van der Waals surface area contributed by atoms with Gasteiger partial charge in [0.25, 0.3) is 0 Å². The van der Waals surface area contributed by atoms with Crippen LogP contribution in [0.3, 0.4) is 0 Å². The quantitative estimate of drug-likeness (QED) is 0.688. The van der Waals surface area contributed by atoms with Gasteiger partial charge in [0.2, 0.25) is 0 Å². The molecule has 0 bridgehead atoms. The Balaban J connectivity index is 2.20. The zero-order chi connectivity index (χ0) is 14.0. The number of carbonyl (C=O) groups is 2. The van der Waals surface area contributed by atoms with Crippen LogP contribution in [0.5, 0.6) is 0 Å². The third-order valence-electron chi connectivity index (χ3n) is 2.56. The van der Waals surface area contributed by atoms with Crippen molar-refractivity contribution in [1.29, 1.82) is 0 Å². The Labute approximate surface area is 113 Å². The van der Waals surface area contributed by atoms with Crippen LogP contribution in [0.25, 0.3) is 10.1 Å². The average Bonchev–Trinajstić information content (AvgIpc) is 2.80. The molecule has 0 aliphatic rings. The monoisotopic (exact) mass is 279 g/mol. The van der Waals surface area contributed by atoms with Gasteiger partial charge in [-0.1, -0.05) is 0 Å². The standard InChI is InChI=1S/C13H13NO4S/c1-7(12(15)17-2)18-13(16)11-6-8-5-9(14)3-4-10(8)19-11/h3-7H,14H2,1-2H3. The molecule has 0 amide bonds. The first-order valence-corrected chi connectivity index (χ1v) is 6.41. The zero-order valence-electron chi connectivity index (χ0n) is 10.5. The van der Waals surface area contributed by atoms with Gasteiger partial charge < -0.3 is 15.2 Å². The average molecular weight is 279 g/mol. The van der Waals surface area contributed by atoms with Crippen LogP contribution in [-0.4, -0.2) is 25.2 Å². The second-order valence-electron chi connectivity index (χ2n) is 3.98. The highest BCUT2D eigenvalue weighted by atomic mass is 32.1. The summed E-state index contributed by atoms with van der Waals surface area (Å²) >= 11 is 1.29. The molecule has 1 unspecified atom stereocenters. The molecule has 0 fully saturated rings. The van der Waals surface area contributed by atoms with Gasteiger partial charge in [-0.2, -0.15) is 0 Å².